The zero-order valence-corrected chi connectivity index (χ0v) is 12.0. The Morgan fingerprint density at radius 3 is 2.95 bits per heavy atom. The summed E-state index contributed by atoms with van der Waals surface area (Å²) < 4.78 is 29.0. The van der Waals surface area contributed by atoms with Crippen LogP contribution in [-0.4, -0.2) is 32.1 Å². The maximum atomic E-state index is 12.0. The van der Waals surface area contributed by atoms with Gasteiger partial charge in [0.25, 0.3) is 6.43 Å². The van der Waals surface area contributed by atoms with Gasteiger partial charge in [0.05, 0.1) is 6.42 Å². The lowest BCUT2D eigenvalue weighted by atomic mass is 10.00. The number of hydrogen-bond acceptors (Lipinski definition) is 3. The van der Waals surface area contributed by atoms with Crippen LogP contribution in [0, 0.1) is 0 Å². The molecule has 2 N–H and O–H groups in total. The summed E-state index contributed by atoms with van der Waals surface area (Å²) in [5.74, 6) is 0.00224. The molecule has 1 unspecified atom stereocenters. The monoisotopic (exact) mass is 298 g/mol. The molecular weight excluding hydrogens is 278 g/mol. The molecule has 0 aromatic heterocycles. The van der Waals surface area contributed by atoms with Crippen LogP contribution in [0.1, 0.15) is 30.5 Å². The van der Waals surface area contributed by atoms with Crippen molar-refractivity contribution in [3.05, 3.63) is 29.3 Å². The number of carbonyl (C=O) groups excluding carboxylic acids is 1. The van der Waals surface area contributed by atoms with Gasteiger partial charge in [-0.25, -0.2) is 8.78 Å². The van der Waals surface area contributed by atoms with Crippen molar-refractivity contribution in [2.24, 2.45) is 0 Å². The maximum Gasteiger partial charge on any atom is 0.261 e. The fourth-order valence-corrected chi connectivity index (χ4v) is 2.47. The van der Waals surface area contributed by atoms with Gasteiger partial charge >= 0.3 is 0 Å². The van der Waals surface area contributed by atoms with Gasteiger partial charge in [-0.3, -0.25) is 4.79 Å². The van der Waals surface area contributed by atoms with E-state index in [-0.39, 0.29) is 18.6 Å². The van der Waals surface area contributed by atoms with Crippen LogP contribution in [0.3, 0.4) is 0 Å². The Labute approximate surface area is 122 Å². The van der Waals surface area contributed by atoms with Crippen molar-refractivity contribution in [3.63, 3.8) is 0 Å². The van der Waals surface area contributed by atoms with Crippen molar-refractivity contribution in [2.45, 2.75) is 32.2 Å². The first-order valence-electron chi connectivity index (χ1n) is 7.12. The van der Waals surface area contributed by atoms with Crippen molar-refractivity contribution in [1.82, 2.24) is 5.32 Å². The van der Waals surface area contributed by atoms with E-state index < -0.39 is 13.0 Å². The highest BCUT2D eigenvalue weighted by Gasteiger charge is 2.19. The Morgan fingerprint density at radius 2 is 2.24 bits per heavy atom. The highest BCUT2D eigenvalue weighted by molar-refractivity contribution is 5.99. The maximum absolute atomic E-state index is 12.0. The highest BCUT2D eigenvalue weighted by atomic mass is 19.3. The standard InChI is InChI=1S/C15H20F2N2O2/c1-2-18-12(5-6-21-9-14(16)17)10-3-4-13-11(7-10)8-15(20)19-13/h3-4,7,12,14,18H,2,5-6,8-9H2,1H3,(H,19,20). The number of ether oxygens (including phenoxy) is 1. The fraction of sp³-hybridized carbons (Fsp3) is 0.533. The number of fused-ring (bicyclic) bond motifs is 1. The first kappa shape index (κ1) is 15.9. The van der Waals surface area contributed by atoms with Crippen molar-refractivity contribution in [3.8, 4) is 0 Å². The van der Waals surface area contributed by atoms with E-state index in [1.165, 1.54) is 0 Å². The second-order valence-corrected chi connectivity index (χ2v) is 5.01. The summed E-state index contributed by atoms with van der Waals surface area (Å²) in [6.07, 6.45) is -1.43. The number of nitrogens with one attached hydrogen (secondary N) is 2. The number of hydrogen-bond donors (Lipinski definition) is 2. The Balaban J connectivity index is 1.98. The molecule has 2 rings (SSSR count). The molecule has 1 amide bonds. The molecule has 1 aliphatic heterocycles. The second kappa shape index (κ2) is 7.47. The molecule has 0 saturated carbocycles. The van der Waals surface area contributed by atoms with E-state index in [9.17, 15) is 13.6 Å². The van der Waals surface area contributed by atoms with Crippen LogP contribution in [0.25, 0.3) is 0 Å². The van der Waals surface area contributed by atoms with Gasteiger partial charge in [0.1, 0.15) is 6.61 Å². The average molecular weight is 298 g/mol. The number of amides is 1. The number of alkyl halides is 2. The summed E-state index contributed by atoms with van der Waals surface area (Å²) in [7, 11) is 0. The van der Waals surface area contributed by atoms with Crippen molar-refractivity contribution in [2.75, 3.05) is 25.1 Å². The van der Waals surface area contributed by atoms with Gasteiger partial charge in [-0.2, -0.15) is 0 Å². The molecular formula is C15H20F2N2O2. The molecule has 6 heteroatoms. The van der Waals surface area contributed by atoms with Crippen LogP contribution in [0.2, 0.25) is 0 Å². The van der Waals surface area contributed by atoms with E-state index in [0.29, 0.717) is 12.8 Å². The van der Waals surface area contributed by atoms with E-state index >= 15 is 0 Å². The van der Waals surface area contributed by atoms with E-state index in [4.69, 9.17) is 4.74 Å². The van der Waals surface area contributed by atoms with Crippen molar-refractivity contribution >= 4 is 11.6 Å². The molecule has 1 heterocycles. The molecule has 21 heavy (non-hydrogen) atoms. The quantitative estimate of drug-likeness (QED) is 0.725. The topological polar surface area (TPSA) is 50.4 Å². The Hall–Kier alpha value is -1.53. The van der Waals surface area contributed by atoms with Crippen molar-refractivity contribution in [1.29, 1.82) is 0 Å². The van der Waals surface area contributed by atoms with Gasteiger partial charge < -0.3 is 15.4 Å². The van der Waals surface area contributed by atoms with E-state index in [1.54, 1.807) is 0 Å². The predicted octanol–water partition coefficient (Wildman–Crippen LogP) is 2.50. The average Bonchev–Trinajstić information content (AvgIpc) is 2.81. The Kier molecular flexibility index (Phi) is 5.64. The minimum atomic E-state index is -2.43. The molecule has 116 valence electrons. The smallest absolute Gasteiger partial charge is 0.261 e. The summed E-state index contributed by atoms with van der Waals surface area (Å²) in [5, 5.41) is 6.11. The lowest BCUT2D eigenvalue weighted by Gasteiger charge is -2.19. The zero-order chi connectivity index (χ0) is 15.2. The van der Waals surface area contributed by atoms with Crippen LogP contribution in [-0.2, 0) is 16.0 Å². The predicted molar refractivity (Wildman–Crippen MR) is 76.6 cm³/mol. The Bertz CT molecular complexity index is 495. The molecule has 0 bridgehead atoms. The normalized spacial score (nSPS) is 15.1. The Morgan fingerprint density at radius 1 is 1.43 bits per heavy atom. The van der Waals surface area contributed by atoms with Crippen LogP contribution in [0.5, 0.6) is 0 Å². The molecule has 1 aromatic carbocycles. The van der Waals surface area contributed by atoms with Gasteiger partial charge in [0.15, 0.2) is 0 Å². The third kappa shape index (κ3) is 4.47. The van der Waals surface area contributed by atoms with Gasteiger partial charge in [-0.05, 0) is 30.2 Å². The molecule has 0 aliphatic carbocycles. The molecule has 1 aliphatic rings. The number of benzene rings is 1. The van der Waals surface area contributed by atoms with E-state index in [1.807, 2.05) is 25.1 Å². The van der Waals surface area contributed by atoms with E-state index in [2.05, 4.69) is 10.6 Å². The molecule has 0 spiro atoms. The van der Waals surface area contributed by atoms with Crippen molar-refractivity contribution < 1.29 is 18.3 Å². The summed E-state index contributed by atoms with van der Waals surface area (Å²) in [5.41, 5.74) is 2.88. The number of rotatable bonds is 8. The SMILES string of the molecule is CCNC(CCOCC(F)F)c1ccc2c(c1)CC(=O)N2. The van der Waals surface area contributed by atoms with Gasteiger partial charge in [0.2, 0.25) is 5.91 Å². The van der Waals surface area contributed by atoms with Crippen LogP contribution in [0.15, 0.2) is 18.2 Å². The molecule has 0 radical (unpaired) electrons. The number of halogens is 2. The summed E-state index contributed by atoms with van der Waals surface area (Å²) in [6, 6.07) is 5.87. The first-order chi connectivity index (χ1) is 10.1. The van der Waals surface area contributed by atoms with E-state index in [0.717, 1.165) is 23.4 Å². The summed E-state index contributed by atoms with van der Waals surface area (Å²) in [6.45, 7) is 2.51. The number of carbonyl (C=O) groups is 1. The third-order valence-electron chi connectivity index (χ3n) is 3.40. The fourth-order valence-electron chi connectivity index (χ4n) is 2.47. The molecule has 0 fully saturated rings. The largest absolute Gasteiger partial charge is 0.375 e. The molecule has 4 nitrogen and oxygen atoms in total. The zero-order valence-electron chi connectivity index (χ0n) is 12.0. The minimum Gasteiger partial charge on any atom is -0.375 e. The lowest BCUT2D eigenvalue weighted by Crippen LogP contribution is -2.23. The van der Waals surface area contributed by atoms with Crippen LogP contribution >= 0.6 is 0 Å². The molecule has 1 aromatic rings. The number of anilines is 1. The second-order valence-electron chi connectivity index (χ2n) is 5.01. The highest BCUT2D eigenvalue weighted by Crippen LogP contribution is 2.27. The van der Waals surface area contributed by atoms with Gasteiger partial charge in [0, 0.05) is 18.3 Å². The minimum absolute atomic E-state index is 0.00224. The summed E-state index contributed by atoms with van der Waals surface area (Å²) in [4.78, 5) is 11.4. The third-order valence-corrected chi connectivity index (χ3v) is 3.40. The van der Waals surface area contributed by atoms with Gasteiger partial charge in [-0.15, -0.1) is 0 Å². The molecule has 1 atom stereocenters. The summed E-state index contributed by atoms with van der Waals surface area (Å²) >= 11 is 0. The first-order valence-corrected chi connectivity index (χ1v) is 7.12. The van der Waals surface area contributed by atoms with Crippen LogP contribution < -0.4 is 10.6 Å². The van der Waals surface area contributed by atoms with Crippen LogP contribution in [0.4, 0.5) is 14.5 Å². The van der Waals surface area contributed by atoms with Gasteiger partial charge in [-0.1, -0.05) is 19.1 Å². The molecule has 0 saturated heterocycles. The lowest BCUT2D eigenvalue weighted by molar-refractivity contribution is -0.115.